The van der Waals surface area contributed by atoms with Crippen molar-refractivity contribution in [2.45, 2.75) is 20.3 Å². The summed E-state index contributed by atoms with van der Waals surface area (Å²) >= 11 is 0. The van der Waals surface area contributed by atoms with E-state index < -0.39 is 5.82 Å². The fraction of sp³-hybridized carbons (Fsp3) is 0.231. The third-order valence-corrected chi connectivity index (χ3v) is 2.51. The Hall–Kier alpha value is -2.04. The minimum Gasteiger partial charge on any atom is -0.436 e. The van der Waals surface area contributed by atoms with E-state index in [0.717, 1.165) is 0 Å². The number of ether oxygens (including phenoxy) is 1. The highest BCUT2D eigenvalue weighted by atomic mass is 19.1. The van der Waals surface area contributed by atoms with Gasteiger partial charge in [-0.15, -0.1) is 0 Å². The van der Waals surface area contributed by atoms with Gasteiger partial charge in [0.15, 0.2) is 0 Å². The fourth-order valence-electron chi connectivity index (χ4n) is 1.50. The van der Waals surface area contributed by atoms with Gasteiger partial charge in [-0.25, -0.2) is 9.37 Å². The highest BCUT2D eigenvalue weighted by molar-refractivity contribution is 5.32. The van der Waals surface area contributed by atoms with Gasteiger partial charge in [0, 0.05) is 0 Å². The molecule has 0 radical (unpaired) electrons. The van der Waals surface area contributed by atoms with Gasteiger partial charge in [0.2, 0.25) is 5.82 Å². The topological polar surface area (TPSA) is 35.0 Å². The van der Waals surface area contributed by atoms with E-state index in [2.05, 4.69) is 9.97 Å². The number of halogens is 2. The highest BCUT2D eigenvalue weighted by Gasteiger charge is 2.12. The lowest BCUT2D eigenvalue weighted by Crippen LogP contribution is -1.99. The molecule has 0 N–H and O–H groups in total. The van der Waals surface area contributed by atoms with Crippen LogP contribution in [0.5, 0.6) is 11.6 Å². The molecule has 0 aliphatic carbocycles. The monoisotopic (exact) mass is 250 g/mol. The lowest BCUT2D eigenvalue weighted by molar-refractivity contribution is 0.414. The van der Waals surface area contributed by atoms with Crippen molar-refractivity contribution in [1.82, 2.24) is 9.97 Å². The summed E-state index contributed by atoms with van der Waals surface area (Å²) in [4.78, 5) is 7.54. The molecular weight excluding hydrogens is 238 g/mol. The Morgan fingerprint density at radius 3 is 2.67 bits per heavy atom. The molecule has 2 rings (SSSR count). The van der Waals surface area contributed by atoms with Crippen molar-refractivity contribution >= 4 is 0 Å². The molecule has 1 aromatic heterocycles. The molecule has 1 aromatic carbocycles. The predicted molar refractivity (Wildman–Crippen MR) is 62.6 cm³/mol. The summed E-state index contributed by atoms with van der Waals surface area (Å²) in [6, 6.07) is 4.18. The van der Waals surface area contributed by atoms with E-state index in [1.807, 2.05) is 0 Å². The lowest BCUT2D eigenvalue weighted by Gasteiger charge is -2.08. The van der Waals surface area contributed by atoms with Crippen molar-refractivity contribution in [3.05, 3.63) is 47.4 Å². The minimum atomic E-state index is -0.582. The Kier molecular flexibility index (Phi) is 3.50. The van der Waals surface area contributed by atoms with Crippen LogP contribution in [0.15, 0.2) is 24.5 Å². The average molecular weight is 250 g/mol. The molecular formula is C13H12F2N2O. The molecule has 0 bridgehead atoms. The van der Waals surface area contributed by atoms with E-state index >= 15 is 0 Å². The molecule has 1 heterocycles. The average Bonchev–Trinajstić information content (AvgIpc) is 2.36. The summed E-state index contributed by atoms with van der Waals surface area (Å²) < 4.78 is 32.2. The van der Waals surface area contributed by atoms with Gasteiger partial charge in [0.25, 0.3) is 5.88 Å². The third kappa shape index (κ3) is 2.45. The number of aromatic nitrogens is 2. The molecule has 0 unspecified atom stereocenters. The summed E-state index contributed by atoms with van der Waals surface area (Å²) in [5.41, 5.74) is 0.719. The van der Waals surface area contributed by atoms with Gasteiger partial charge in [-0.2, -0.15) is 9.37 Å². The summed E-state index contributed by atoms with van der Waals surface area (Å²) in [5, 5.41) is 0. The Morgan fingerprint density at radius 2 is 2.00 bits per heavy atom. The van der Waals surface area contributed by atoms with Crippen LogP contribution in [0.1, 0.15) is 18.2 Å². The van der Waals surface area contributed by atoms with Crippen molar-refractivity contribution in [2.24, 2.45) is 0 Å². The van der Waals surface area contributed by atoms with E-state index in [1.165, 1.54) is 24.5 Å². The summed E-state index contributed by atoms with van der Waals surface area (Å²) in [7, 11) is 0. The van der Waals surface area contributed by atoms with Crippen LogP contribution in [-0.4, -0.2) is 9.97 Å². The maximum absolute atomic E-state index is 13.8. The highest BCUT2D eigenvalue weighted by Crippen LogP contribution is 2.24. The zero-order chi connectivity index (χ0) is 13.1. The normalized spacial score (nSPS) is 10.4. The van der Waals surface area contributed by atoms with Crippen LogP contribution in [0.4, 0.5) is 8.78 Å². The van der Waals surface area contributed by atoms with Gasteiger partial charge >= 0.3 is 0 Å². The van der Waals surface area contributed by atoms with Crippen molar-refractivity contribution in [2.75, 3.05) is 0 Å². The molecule has 0 fully saturated rings. The van der Waals surface area contributed by atoms with Crippen LogP contribution < -0.4 is 4.74 Å². The maximum atomic E-state index is 13.8. The van der Waals surface area contributed by atoms with Crippen molar-refractivity contribution < 1.29 is 13.5 Å². The van der Waals surface area contributed by atoms with Crippen LogP contribution in [0.25, 0.3) is 0 Å². The SMILES string of the molecule is CCc1ncnc(Oc2ccc(F)c(C)c2)c1F. The Bertz CT molecular complexity index is 573. The second-order valence-electron chi connectivity index (χ2n) is 3.81. The zero-order valence-corrected chi connectivity index (χ0v) is 10.1. The molecule has 0 aliphatic rings. The van der Waals surface area contributed by atoms with E-state index in [9.17, 15) is 8.78 Å². The largest absolute Gasteiger partial charge is 0.436 e. The number of hydrogen-bond acceptors (Lipinski definition) is 3. The van der Waals surface area contributed by atoms with Gasteiger partial charge in [-0.3, -0.25) is 0 Å². The lowest BCUT2D eigenvalue weighted by atomic mass is 10.2. The van der Waals surface area contributed by atoms with Crippen molar-refractivity contribution in [3.8, 4) is 11.6 Å². The summed E-state index contributed by atoms with van der Waals surface area (Å²) in [6.45, 7) is 3.40. The number of aryl methyl sites for hydroxylation is 2. The van der Waals surface area contributed by atoms with E-state index in [0.29, 0.717) is 23.4 Å². The Labute approximate surface area is 103 Å². The van der Waals surface area contributed by atoms with E-state index in [4.69, 9.17) is 4.74 Å². The smallest absolute Gasteiger partial charge is 0.259 e. The van der Waals surface area contributed by atoms with Gasteiger partial charge in [-0.1, -0.05) is 6.92 Å². The van der Waals surface area contributed by atoms with Crippen molar-refractivity contribution in [1.29, 1.82) is 0 Å². The Balaban J connectivity index is 2.31. The molecule has 2 aromatic rings. The van der Waals surface area contributed by atoms with Crippen molar-refractivity contribution in [3.63, 3.8) is 0 Å². The molecule has 18 heavy (non-hydrogen) atoms. The van der Waals surface area contributed by atoms with Gasteiger partial charge < -0.3 is 4.74 Å². The molecule has 3 nitrogen and oxygen atoms in total. The quantitative estimate of drug-likeness (QED) is 0.837. The molecule has 5 heteroatoms. The zero-order valence-electron chi connectivity index (χ0n) is 10.1. The van der Waals surface area contributed by atoms with Gasteiger partial charge in [-0.05, 0) is 37.1 Å². The predicted octanol–water partition coefficient (Wildman–Crippen LogP) is 3.42. The standard InChI is InChI=1S/C13H12F2N2O/c1-3-11-12(15)13(17-7-16-11)18-9-4-5-10(14)8(2)6-9/h4-7H,3H2,1-2H3. The third-order valence-electron chi connectivity index (χ3n) is 2.51. The molecule has 0 amide bonds. The minimum absolute atomic E-state index is 0.146. The first-order chi connectivity index (χ1) is 8.61. The molecule has 0 saturated heterocycles. The van der Waals surface area contributed by atoms with Gasteiger partial charge in [0.05, 0.1) is 5.69 Å². The van der Waals surface area contributed by atoms with E-state index in [-0.39, 0.29) is 11.7 Å². The first-order valence-electron chi connectivity index (χ1n) is 5.55. The van der Waals surface area contributed by atoms with Crippen LogP contribution in [0, 0.1) is 18.6 Å². The number of nitrogens with zero attached hydrogens (tertiary/aromatic N) is 2. The second kappa shape index (κ2) is 5.08. The molecule has 0 spiro atoms. The van der Waals surface area contributed by atoms with E-state index in [1.54, 1.807) is 13.8 Å². The molecule has 0 saturated carbocycles. The van der Waals surface area contributed by atoms with Crippen LogP contribution in [0.2, 0.25) is 0 Å². The second-order valence-corrected chi connectivity index (χ2v) is 3.81. The molecule has 0 aliphatic heterocycles. The number of hydrogen-bond donors (Lipinski definition) is 0. The first kappa shape index (κ1) is 12.4. The molecule has 0 atom stereocenters. The number of rotatable bonds is 3. The van der Waals surface area contributed by atoms with Crippen LogP contribution in [-0.2, 0) is 6.42 Å². The maximum Gasteiger partial charge on any atom is 0.259 e. The summed E-state index contributed by atoms with van der Waals surface area (Å²) in [5.74, 6) is -0.719. The fourth-order valence-corrected chi connectivity index (χ4v) is 1.50. The summed E-state index contributed by atoms with van der Waals surface area (Å²) in [6.07, 6.45) is 1.70. The molecule has 94 valence electrons. The van der Waals surface area contributed by atoms with Crippen LogP contribution >= 0.6 is 0 Å². The Morgan fingerprint density at radius 1 is 1.22 bits per heavy atom. The number of benzene rings is 1. The van der Waals surface area contributed by atoms with Crippen LogP contribution in [0.3, 0.4) is 0 Å². The first-order valence-corrected chi connectivity index (χ1v) is 5.55. The van der Waals surface area contributed by atoms with Gasteiger partial charge in [0.1, 0.15) is 17.9 Å².